The van der Waals surface area contributed by atoms with Crippen LogP contribution in [0.25, 0.3) is 6.08 Å². The molecular formula is C20H23ClN2O3. The molecule has 0 aliphatic heterocycles. The number of rotatable bonds is 8. The van der Waals surface area contributed by atoms with Gasteiger partial charge in [0.2, 0.25) is 5.91 Å². The lowest BCUT2D eigenvalue weighted by molar-refractivity contribution is -0.117. The van der Waals surface area contributed by atoms with E-state index in [0.29, 0.717) is 23.1 Å². The summed E-state index contributed by atoms with van der Waals surface area (Å²) in [5, 5.41) is 3.35. The molecule has 0 saturated heterocycles. The zero-order valence-corrected chi connectivity index (χ0v) is 15.9. The summed E-state index contributed by atoms with van der Waals surface area (Å²) < 4.78 is 11.0. The molecule has 1 amide bonds. The van der Waals surface area contributed by atoms with Crippen molar-refractivity contribution < 1.29 is 14.3 Å². The van der Waals surface area contributed by atoms with Gasteiger partial charge in [0.05, 0.1) is 24.8 Å². The number of carbonyl (C=O) groups excluding carboxylic acids is 1. The third-order valence-corrected chi connectivity index (χ3v) is 3.98. The van der Waals surface area contributed by atoms with Crippen LogP contribution in [0.5, 0.6) is 11.5 Å². The monoisotopic (exact) mass is 374 g/mol. The highest BCUT2D eigenvalue weighted by Gasteiger charge is 2.11. The smallest absolute Gasteiger partial charge is 0.244 e. The third kappa shape index (κ3) is 5.49. The van der Waals surface area contributed by atoms with Crippen LogP contribution in [-0.2, 0) is 4.79 Å². The van der Waals surface area contributed by atoms with Crippen LogP contribution in [0.4, 0.5) is 0 Å². The maximum Gasteiger partial charge on any atom is 0.244 e. The molecule has 1 aromatic heterocycles. The van der Waals surface area contributed by atoms with Crippen molar-refractivity contribution in [3.63, 3.8) is 0 Å². The molecule has 1 heterocycles. The Labute approximate surface area is 159 Å². The highest BCUT2D eigenvalue weighted by Crippen LogP contribution is 2.36. The molecule has 6 heteroatoms. The first-order valence-corrected chi connectivity index (χ1v) is 8.81. The van der Waals surface area contributed by atoms with Crippen LogP contribution in [0.15, 0.2) is 42.7 Å². The second kappa shape index (κ2) is 9.82. The third-order valence-electron chi connectivity index (χ3n) is 3.69. The van der Waals surface area contributed by atoms with E-state index in [9.17, 15) is 4.79 Å². The number of aromatic nitrogens is 1. The Morgan fingerprint density at radius 3 is 2.73 bits per heavy atom. The average Bonchev–Trinajstić information content (AvgIpc) is 2.65. The molecule has 138 valence electrons. The average molecular weight is 375 g/mol. The second-order valence-electron chi connectivity index (χ2n) is 5.73. The lowest BCUT2D eigenvalue weighted by Gasteiger charge is -2.13. The van der Waals surface area contributed by atoms with Gasteiger partial charge in [0.25, 0.3) is 0 Å². The predicted molar refractivity (Wildman–Crippen MR) is 104 cm³/mol. The van der Waals surface area contributed by atoms with Gasteiger partial charge >= 0.3 is 0 Å². The molecule has 0 radical (unpaired) electrons. The number of benzene rings is 1. The minimum absolute atomic E-state index is 0.113. The second-order valence-corrected chi connectivity index (χ2v) is 6.13. The highest BCUT2D eigenvalue weighted by molar-refractivity contribution is 6.32. The van der Waals surface area contributed by atoms with Crippen LogP contribution >= 0.6 is 11.6 Å². The lowest BCUT2D eigenvalue weighted by atomic mass is 10.1. The van der Waals surface area contributed by atoms with Crippen LogP contribution in [-0.4, -0.2) is 24.6 Å². The minimum atomic E-state index is -0.198. The number of ether oxygens (including phenoxy) is 2. The molecule has 2 aromatic rings. The summed E-state index contributed by atoms with van der Waals surface area (Å²) in [5.74, 6) is 0.857. The van der Waals surface area contributed by atoms with Gasteiger partial charge in [-0.1, -0.05) is 18.5 Å². The van der Waals surface area contributed by atoms with E-state index >= 15 is 0 Å². The van der Waals surface area contributed by atoms with Crippen molar-refractivity contribution in [2.45, 2.75) is 26.3 Å². The molecule has 1 aromatic carbocycles. The van der Waals surface area contributed by atoms with Crippen LogP contribution < -0.4 is 14.8 Å². The molecule has 1 atom stereocenters. The van der Waals surface area contributed by atoms with E-state index in [-0.39, 0.29) is 11.9 Å². The Morgan fingerprint density at radius 2 is 2.08 bits per heavy atom. The van der Waals surface area contributed by atoms with Gasteiger partial charge in [-0.3, -0.25) is 9.78 Å². The van der Waals surface area contributed by atoms with Crippen molar-refractivity contribution >= 4 is 23.6 Å². The van der Waals surface area contributed by atoms with Crippen LogP contribution in [0.3, 0.4) is 0 Å². The van der Waals surface area contributed by atoms with E-state index < -0.39 is 0 Å². The maximum absolute atomic E-state index is 12.1. The van der Waals surface area contributed by atoms with Crippen molar-refractivity contribution in [1.29, 1.82) is 0 Å². The number of nitrogens with one attached hydrogen (secondary N) is 1. The maximum atomic E-state index is 12.1. The zero-order valence-electron chi connectivity index (χ0n) is 15.2. The summed E-state index contributed by atoms with van der Waals surface area (Å²) in [5.41, 5.74) is 1.74. The van der Waals surface area contributed by atoms with E-state index in [1.807, 2.05) is 26.0 Å². The number of carbonyl (C=O) groups is 1. The van der Waals surface area contributed by atoms with Gasteiger partial charge in [0, 0.05) is 18.5 Å². The van der Waals surface area contributed by atoms with Gasteiger partial charge in [0.1, 0.15) is 0 Å². The summed E-state index contributed by atoms with van der Waals surface area (Å²) >= 11 is 6.28. The molecule has 0 saturated carbocycles. The fourth-order valence-electron chi connectivity index (χ4n) is 2.35. The van der Waals surface area contributed by atoms with Crippen molar-refractivity contribution in [2.75, 3.05) is 13.7 Å². The van der Waals surface area contributed by atoms with E-state index in [1.54, 1.807) is 37.7 Å². The molecule has 0 bridgehead atoms. The topological polar surface area (TPSA) is 60.5 Å². The highest BCUT2D eigenvalue weighted by atomic mass is 35.5. The molecule has 0 fully saturated rings. The van der Waals surface area contributed by atoms with Gasteiger partial charge in [-0.15, -0.1) is 0 Å². The SMILES string of the molecule is CCCOc1c(Cl)cc(C=CC(=O)NC(C)c2ccncc2)cc1OC. The summed E-state index contributed by atoms with van der Waals surface area (Å²) in [7, 11) is 1.56. The zero-order chi connectivity index (χ0) is 18.9. The van der Waals surface area contributed by atoms with E-state index in [0.717, 1.165) is 17.5 Å². The quantitative estimate of drug-likeness (QED) is 0.694. The molecule has 1 unspecified atom stereocenters. The van der Waals surface area contributed by atoms with Crippen molar-refractivity contribution in [3.05, 3.63) is 58.9 Å². The minimum Gasteiger partial charge on any atom is -0.493 e. The standard InChI is InChI=1S/C20H23ClN2O3/c1-4-11-26-20-17(21)12-15(13-18(20)25-3)5-6-19(24)23-14(2)16-7-9-22-10-8-16/h5-10,12-14H,4,11H2,1-3H3,(H,23,24). The van der Waals surface area contributed by atoms with Crippen molar-refractivity contribution in [3.8, 4) is 11.5 Å². The van der Waals surface area contributed by atoms with Gasteiger partial charge in [0.15, 0.2) is 11.5 Å². The Morgan fingerprint density at radius 1 is 1.35 bits per heavy atom. The van der Waals surface area contributed by atoms with Gasteiger partial charge in [-0.05, 0) is 54.8 Å². The molecule has 2 rings (SSSR count). The van der Waals surface area contributed by atoms with Gasteiger partial charge < -0.3 is 14.8 Å². The first-order chi connectivity index (χ1) is 12.5. The number of nitrogens with zero attached hydrogens (tertiary/aromatic N) is 1. The normalized spacial score (nSPS) is 12.0. The first kappa shape index (κ1) is 19.8. The number of hydrogen-bond donors (Lipinski definition) is 1. The molecule has 26 heavy (non-hydrogen) atoms. The lowest BCUT2D eigenvalue weighted by Crippen LogP contribution is -2.24. The van der Waals surface area contributed by atoms with Crippen molar-refractivity contribution in [2.24, 2.45) is 0 Å². The van der Waals surface area contributed by atoms with Crippen LogP contribution in [0.1, 0.15) is 37.4 Å². The molecule has 0 aliphatic rings. The Balaban J connectivity index is 2.07. The molecule has 5 nitrogen and oxygen atoms in total. The molecule has 0 spiro atoms. The number of halogens is 1. The molecule has 1 N–H and O–H groups in total. The predicted octanol–water partition coefficient (Wildman–Crippen LogP) is 4.42. The fraction of sp³-hybridized carbons (Fsp3) is 0.300. The number of amides is 1. The first-order valence-electron chi connectivity index (χ1n) is 8.44. The summed E-state index contributed by atoms with van der Waals surface area (Å²) in [6.45, 7) is 4.49. The Kier molecular flexibility index (Phi) is 7.48. The summed E-state index contributed by atoms with van der Waals surface area (Å²) in [4.78, 5) is 16.1. The Bertz CT molecular complexity index is 763. The van der Waals surface area contributed by atoms with E-state index in [4.69, 9.17) is 21.1 Å². The fourth-order valence-corrected chi connectivity index (χ4v) is 2.62. The number of pyridine rings is 1. The number of hydrogen-bond acceptors (Lipinski definition) is 4. The van der Waals surface area contributed by atoms with Crippen molar-refractivity contribution in [1.82, 2.24) is 10.3 Å². The number of methoxy groups -OCH3 is 1. The van der Waals surface area contributed by atoms with Gasteiger partial charge in [-0.2, -0.15) is 0 Å². The van der Waals surface area contributed by atoms with Crippen LogP contribution in [0.2, 0.25) is 5.02 Å². The van der Waals surface area contributed by atoms with Crippen LogP contribution in [0, 0.1) is 0 Å². The largest absolute Gasteiger partial charge is 0.493 e. The van der Waals surface area contributed by atoms with Gasteiger partial charge in [-0.25, -0.2) is 0 Å². The summed E-state index contributed by atoms with van der Waals surface area (Å²) in [6.07, 6.45) is 7.42. The molecule has 0 aliphatic carbocycles. The Hall–Kier alpha value is -2.53. The molecular weight excluding hydrogens is 352 g/mol. The summed E-state index contributed by atoms with van der Waals surface area (Å²) in [6, 6.07) is 7.15. The van der Waals surface area contributed by atoms with E-state index in [2.05, 4.69) is 10.3 Å². The van der Waals surface area contributed by atoms with E-state index in [1.165, 1.54) is 6.08 Å².